The zero-order chi connectivity index (χ0) is 18.3. The summed E-state index contributed by atoms with van der Waals surface area (Å²) in [6, 6.07) is 0. The second kappa shape index (κ2) is 5.21. The number of hydrogen-bond acceptors (Lipinski definition) is 4. The van der Waals surface area contributed by atoms with Crippen LogP contribution in [0.4, 0.5) is 0 Å². The van der Waals surface area contributed by atoms with Crippen LogP contribution < -0.4 is 0 Å². The van der Waals surface area contributed by atoms with Gasteiger partial charge in [0, 0.05) is 5.41 Å². The van der Waals surface area contributed by atoms with E-state index in [2.05, 4.69) is 20.8 Å². The molecule has 0 amide bonds. The van der Waals surface area contributed by atoms with Gasteiger partial charge in [-0.1, -0.05) is 20.8 Å². The normalized spacial score (nSPS) is 58.0. The van der Waals surface area contributed by atoms with Crippen molar-refractivity contribution in [2.24, 2.45) is 22.2 Å². The molecule has 4 rings (SSSR count). The van der Waals surface area contributed by atoms with Crippen molar-refractivity contribution in [1.29, 1.82) is 0 Å². The van der Waals surface area contributed by atoms with E-state index in [0.717, 1.165) is 45.1 Å². The molecule has 0 bridgehead atoms. The van der Waals surface area contributed by atoms with Crippen molar-refractivity contribution in [1.82, 2.24) is 0 Å². The van der Waals surface area contributed by atoms with Crippen molar-refractivity contribution in [2.45, 2.75) is 103 Å². The van der Waals surface area contributed by atoms with Gasteiger partial charge in [0.25, 0.3) is 0 Å². The van der Waals surface area contributed by atoms with E-state index < -0.39 is 17.5 Å². The first kappa shape index (κ1) is 18.2. The van der Waals surface area contributed by atoms with Crippen molar-refractivity contribution in [3.8, 4) is 0 Å². The van der Waals surface area contributed by atoms with Gasteiger partial charge in [-0.25, -0.2) is 0 Å². The minimum Gasteiger partial charge on any atom is -0.390 e. The van der Waals surface area contributed by atoms with E-state index in [1.54, 1.807) is 0 Å². The Morgan fingerprint density at radius 3 is 2.32 bits per heavy atom. The number of rotatable bonds is 0. The maximum atomic E-state index is 11.5. The number of aliphatic hydroxyl groups is 2. The van der Waals surface area contributed by atoms with Crippen molar-refractivity contribution in [3.05, 3.63) is 0 Å². The van der Waals surface area contributed by atoms with Gasteiger partial charge in [-0.05, 0) is 75.5 Å². The molecule has 0 radical (unpaired) electrons. The zero-order valence-corrected chi connectivity index (χ0v) is 16.6. The van der Waals surface area contributed by atoms with E-state index >= 15 is 0 Å². The van der Waals surface area contributed by atoms with Gasteiger partial charge in [-0.2, -0.15) is 0 Å². The Balaban J connectivity index is 1.75. The molecule has 4 fully saturated rings. The molecule has 0 unspecified atom stereocenters. The van der Waals surface area contributed by atoms with Crippen LogP contribution in [0.5, 0.6) is 0 Å². The predicted molar refractivity (Wildman–Crippen MR) is 96.0 cm³/mol. The van der Waals surface area contributed by atoms with Gasteiger partial charge in [0.2, 0.25) is 0 Å². The van der Waals surface area contributed by atoms with E-state index in [1.165, 1.54) is 0 Å². The van der Waals surface area contributed by atoms with Crippen LogP contribution in [0.2, 0.25) is 0 Å². The molecule has 3 saturated carbocycles. The summed E-state index contributed by atoms with van der Waals surface area (Å²) < 4.78 is 12.5. The summed E-state index contributed by atoms with van der Waals surface area (Å²) in [4.78, 5) is 0. The number of hydrogen-bond donors (Lipinski definition) is 2. The van der Waals surface area contributed by atoms with Gasteiger partial charge < -0.3 is 19.7 Å². The number of fused-ring (bicyclic) bond motifs is 5. The van der Waals surface area contributed by atoms with Crippen LogP contribution >= 0.6 is 0 Å². The summed E-state index contributed by atoms with van der Waals surface area (Å²) >= 11 is 0. The zero-order valence-electron chi connectivity index (χ0n) is 16.6. The van der Waals surface area contributed by atoms with Crippen LogP contribution in [0.1, 0.15) is 79.6 Å². The second-order valence-electron chi connectivity index (χ2n) is 10.5. The van der Waals surface area contributed by atoms with E-state index in [9.17, 15) is 10.2 Å². The standard InChI is InChI=1S/C21H36O4/c1-17(2)24-13-12-18(3)14-6-11-21(23)15(22)7-10-20(21,5)19(14,4)9-8-16(18)25-17/h14-16,22-23H,6-13H2,1-5H3/t14-,15-,16-,18-,19-,20+,21-/m1/s1. The first-order valence-electron chi connectivity index (χ1n) is 10.2. The first-order valence-corrected chi connectivity index (χ1v) is 10.2. The molecule has 25 heavy (non-hydrogen) atoms. The fourth-order valence-corrected chi connectivity index (χ4v) is 7.45. The number of aliphatic hydroxyl groups excluding tert-OH is 1. The van der Waals surface area contributed by atoms with Gasteiger partial charge >= 0.3 is 0 Å². The van der Waals surface area contributed by atoms with Crippen molar-refractivity contribution in [3.63, 3.8) is 0 Å². The molecular weight excluding hydrogens is 316 g/mol. The third-order valence-corrected chi connectivity index (χ3v) is 9.24. The molecule has 3 aliphatic carbocycles. The van der Waals surface area contributed by atoms with Crippen LogP contribution in [0.15, 0.2) is 0 Å². The van der Waals surface area contributed by atoms with Crippen LogP contribution in [-0.2, 0) is 9.47 Å². The Morgan fingerprint density at radius 2 is 1.60 bits per heavy atom. The molecule has 0 aromatic heterocycles. The second-order valence-corrected chi connectivity index (χ2v) is 10.5. The quantitative estimate of drug-likeness (QED) is 0.699. The summed E-state index contributed by atoms with van der Waals surface area (Å²) in [6.45, 7) is 11.8. The van der Waals surface area contributed by atoms with Crippen molar-refractivity contribution >= 4 is 0 Å². The fraction of sp³-hybridized carbons (Fsp3) is 1.00. The first-order chi connectivity index (χ1) is 11.5. The molecule has 0 spiro atoms. The molecular formula is C21H36O4. The highest BCUT2D eigenvalue weighted by Gasteiger charge is 2.72. The van der Waals surface area contributed by atoms with Gasteiger partial charge in [0.1, 0.15) is 0 Å². The molecule has 2 N–H and O–H groups in total. The molecule has 1 heterocycles. The SMILES string of the molecule is CC1(C)OCC[C@]2(C)[C@H]3CC[C@@]4(O)[C@H](O)CC[C@@]4(C)[C@]3(C)CC[C@H]2O1. The smallest absolute Gasteiger partial charge is 0.163 e. The van der Waals surface area contributed by atoms with Gasteiger partial charge in [-0.15, -0.1) is 0 Å². The van der Waals surface area contributed by atoms with Gasteiger partial charge in [0.05, 0.1) is 24.4 Å². The van der Waals surface area contributed by atoms with Crippen LogP contribution in [0.25, 0.3) is 0 Å². The molecule has 4 nitrogen and oxygen atoms in total. The lowest BCUT2D eigenvalue weighted by atomic mass is 9.39. The average Bonchev–Trinajstić information content (AvgIpc) is 2.68. The van der Waals surface area contributed by atoms with Crippen molar-refractivity contribution in [2.75, 3.05) is 6.61 Å². The molecule has 0 aromatic carbocycles. The summed E-state index contributed by atoms with van der Waals surface area (Å²) in [6.07, 6.45) is 6.03. The highest BCUT2D eigenvalue weighted by atomic mass is 16.7. The topological polar surface area (TPSA) is 58.9 Å². The minimum absolute atomic E-state index is 0.0283. The Hall–Kier alpha value is -0.160. The minimum atomic E-state index is -0.928. The largest absolute Gasteiger partial charge is 0.390 e. The van der Waals surface area contributed by atoms with E-state index in [0.29, 0.717) is 12.3 Å². The maximum absolute atomic E-state index is 11.5. The summed E-state index contributed by atoms with van der Waals surface area (Å²) in [5.41, 5.74) is -1.05. The fourth-order valence-electron chi connectivity index (χ4n) is 7.45. The molecule has 1 aliphatic heterocycles. The third-order valence-electron chi connectivity index (χ3n) is 9.24. The summed E-state index contributed by atoms with van der Waals surface area (Å²) in [5, 5.41) is 22.0. The number of ether oxygens (including phenoxy) is 2. The van der Waals surface area contributed by atoms with Crippen molar-refractivity contribution < 1.29 is 19.7 Å². The molecule has 4 heteroatoms. The van der Waals surface area contributed by atoms with Gasteiger partial charge in [0.15, 0.2) is 5.79 Å². The maximum Gasteiger partial charge on any atom is 0.163 e. The molecule has 1 saturated heterocycles. The third kappa shape index (κ3) is 2.14. The molecule has 7 atom stereocenters. The average molecular weight is 353 g/mol. The van der Waals surface area contributed by atoms with E-state index in [1.807, 2.05) is 13.8 Å². The lowest BCUT2D eigenvalue weighted by Gasteiger charge is -2.67. The highest BCUT2D eigenvalue weighted by Crippen LogP contribution is 2.72. The Morgan fingerprint density at radius 1 is 0.880 bits per heavy atom. The van der Waals surface area contributed by atoms with Gasteiger partial charge in [-0.3, -0.25) is 0 Å². The Kier molecular flexibility index (Phi) is 3.80. The molecule has 4 aliphatic rings. The van der Waals surface area contributed by atoms with E-state index in [-0.39, 0.29) is 22.3 Å². The lowest BCUT2D eigenvalue weighted by Crippen LogP contribution is -2.67. The van der Waals surface area contributed by atoms with Crippen LogP contribution in [0.3, 0.4) is 0 Å². The predicted octanol–water partition coefficient (Wildman–Crippen LogP) is 3.64. The van der Waals surface area contributed by atoms with Crippen LogP contribution in [-0.4, -0.2) is 40.4 Å². The van der Waals surface area contributed by atoms with E-state index in [4.69, 9.17) is 9.47 Å². The Labute approximate surface area is 152 Å². The lowest BCUT2D eigenvalue weighted by molar-refractivity contribution is -0.281. The summed E-state index contributed by atoms with van der Waals surface area (Å²) in [5.74, 6) is -0.0224. The molecule has 0 aromatic rings. The Bertz CT molecular complexity index is 562. The monoisotopic (exact) mass is 352 g/mol. The highest BCUT2D eigenvalue weighted by molar-refractivity contribution is 5.21. The van der Waals surface area contributed by atoms with Crippen LogP contribution in [0, 0.1) is 22.2 Å². The summed E-state index contributed by atoms with van der Waals surface area (Å²) in [7, 11) is 0. The molecule has 144 valence electrons.